The number of anilines is 1. The van der Waals surface area contributed by atoms with Crippen LogP contribution in [0, 0.1) is 13.8 Å². The molecule has 1 aromatic rings. The van der Waals surface area contributed by atoms with E-state index in [-0.39, 0.29) is 11.9 Å². The standard InChI is InChI=1S/C13H18N2OS/c1-9-3-4-11(10(2)7-9)15-13(16)12-8-17-6-5-14-12/h3-4,7,12,14H,5-6,8H2,1-2H3,(H,15,16). The molecule has 1 heterocycles. The van der Waals surface area contributed by atoms with Crippen LogP contribution in [0.4, 0.5) is 5.69 Å². The van der Waals surface area contributed by atoms with Crippen molar-refractivity contribution in [1.82, 2.24) is 5.32 Å². The zero-order chi connectivity index (χ0) is 12.3. The molecule has 3 nitrogen and oxygen atoms in total. The molecule has 0 aromatic heterocycles. The molecular formula is C13H18N2OS. The predicted octanol–water partition coefficient (Wildman–Crippen LogP) is 1.95. The smallest absolute Gasteiger partial charge is 0.242 e. The summed E-state index contributed by atoms with van der Waals surface area (Å²) in [5, 5.41) is 6.23. The fraction of sp³-hybridized carbons (Fsp3) is 0.462. The van der Waals surface area contributed by atoms with E-state index in [9.17, 15) is 4.79 Å². The average molecular weight is 250 g/mol. The van der Waals surface area contributed by atoms with Gasteiger partial charge in [0.1, 0.15) is 0 Å². The first kappa shape index (κ1) is 12.5. The molecule has 1 fully saturated rings. The van der Waals surface area contributed by atoms with Gasteiger partial charge in [-0.1, -0.05) is 17.7 Å². The van der Waals surface area contributed by atoms with Gasteiger partial charge in [0, 0.05) is 23.7 Å². The Bertz CT molecular complexity index is 414. The van der Waals surface area contributed by atoms with E-state index in [0.717, 1.165) is 29.3 Å². The number of thioether (sulfide) groups is 1. The van der Waals surface area contributed by atoms with Crippen LogP contribution in [0.15, 0.2) is 18.2 Å². The summed E-state index contributed by atoms with van der Waals surface area (Å²) in [5.74, 6) is 2.02. The molecular weight excluding hydrogens is 232 g/mol. The SMILES string of the molecule is Cc1ccc(NC(=O)C2CSCCN2)c(C)c1. The summed E-state index contributed by atoms with van der Waals surface area (Å²) >= 11 is 1.83. The van der Waals surface area contributed by atoms with Gasteiger partial charge >= 0.3 is 0 Å². The highest BCUT2D eigenvalue weighted by Gasteiger charge is 2.21. The van der Waals surface area contributed by atoms with Crippen LogP contribution >= 0.6 is 11.8 Å². The van der Waals surface area contributed by atoms with Crippen LogP contribution in [0.5, 0.6) is 0 Å². The second-order valence-corrected chi connectivity index (χ2v) is 5.54. The van der Waals surface area contributed by atoms with Gasteiger partial charge in [-0.15, -0.1) is 0 Å². The molecule has 0 radical (unpaired) electrons. The van der Waals surface area contributed by atoms with Crippen molar-refractivity contribution < 1.29 is 4.79 Å². The zero-order valence-electron chi connectivity index (χ0n) is 10.2. The van der Waals surface area contributed by atoms with E-state index in [1.54, 1.807) is 0 Å². The molecule has 1 atom stereocenters. The Labute approximate surface area is 106 Å². The van der Waals surface area contributed by atoms with Crippen LogP contribution in [0.2, 0.25) is 0 Å². The number of carbonyl (C=O) groups is 1. The van der Waals surface area contributed by atoms with Crippen LogP contribution in [0.25, 0.3) is 0 Å². The molecule has 1 saturated heterocycles. The molecule has 4 heteroatoms. The normalized spacial score (nSPS) is 20.0. The summed E-state index contributed by atoms with van der Waals surface area (Å²) < 4.78 is 0. The van der Waals surface area contributed by atoms with Crippen molar-refractivity contribution in [3.63, 3.8) is 0 Å². The Hall–Kier alpha value is -1.00. The van der Waals surface area contributed by atoms with E-state index in [1.165, 1.54) is 5.56 Å². The number of rotatable bonds is 2. The van der Waals surface area contributed by atoms with E-state index >= 15 is 0 Å². The highest BCUT2D eigenvalue weighted by atomic mass is 32.2. The Morgan fingerprint density at radius 1 is 1.47 bits per heavy atom. The van der Waals surface area contributed by atoms with Crippen LogP contribution in [-0.4, -0.2) is 30.0 Å². The lowest BCUT2D eigenvalue weighted by atomic mass is 10.1. The molecule has 0 bridgehead atoms. The molecule has 17 heavy (non-hydrogen) atoms. The van der Waals surface area contributed by atoms with E-state index in [1.807, 2.05) is 30.8 Å². The molecule has 2 rings (SSSR count). The summed E-state index contributed by atoms with van der Waals surface area (Å²) in [4.78, 5) is 12.0. The van der Waals surface area contributed by atoms with Crippen LogP contribution in [0.3, 0.4) is 0 Å². The van der Waals surface area contributed by atoms with E-state index in [0.29, 0.717) is 0 Å². The van der Waals surface area contributed by atoms with Gasteiger partial charge in [-0.05, 0) is 25.5 Å². The Kier molecular flexibility index (Phi) is 4.07. The van der Waals surface area contributed by atoms with Crippen molar-refractivity contribution in [2.24, 2.45) is 0 Å². The fourth-order valence-corrected chi connectivity index (χ4v) is 2.84. The maximum atomic E-state index is 12.0. The fourth-order valence-electron chi connectivity index (χ4n) is 1.91. The second kappa shape index (κ2) is 5.56. The lowest BCUT2D eigenvalue weighted by Gasteiger charge is -2.22. The largest absolute Gasteiger partial charge is 0.324 e. The monoisotopic (exact) mass is 250 g/mol. The van der Waals surface area contributed by atoms with Crippen molar-refractivity contribution in [3.8, 4) is 0 Å². The number of hydrogen-bond acceptors (Lipinski definition) is 3. The second-order valence-electron chi connectivity index (χ2n) is 4.39. The minimum atomic E-state index is -0.0607. The number of benzene rings is 1. The average Bonchev–Trinajstić information content (AvgIpc) is 2.34. The quantitative estimate of drug-likeness (QED) is 0.843. The molecule has 0 spiro atoms. The van der Waals surface area contributed by atoms with Crippen molar-refractivity contribution in [3.05, 3.63) is 29.3 Å². The molecule has 2 N–H and O–H groups in total. The van der Waals surface area contributed by atoms with Crippen molar-refractivity contribution in [2.45, 2.75) is 19.9 Å². The van der Waals surface area contributed by atoms with Gasteiger partial charge in [-0.2, -0.15) is 11.8 Å². The molecule has 92 valence electrons. The minimum absolute atomic E-state index is 0.0607. The molecule has 0 aliphatic carbocycles. The first-order chi connectivity index (χ1) is 8.16. The molecule has 1 unspecified atom stereocenters. The Morgan fingerprint density at radius 2 is 2.29 bits per heavy atom. The molecule has 1 aliphatic heterocycles. The first-order valence-electron chi connectivity index (χ1n) is 5.86. The summed E-state index contributed by atoms with van der Waals surface area (Å²) in [6.07, 6.45) is 0. The van der Waals surface area contributed by atoms with Crippen molar-refractivity contribution in [1.29, 1.82) is 0 Å². The maximum Gasteiger partial charge on any atom is 0.242 e. The van der Waals surface area contributed by atoms with E-state index in [2.05, 4.69) is 23.6 Å². The Balaban J connectivity index is 2.02. The lowest BCUT2D eigenvalue weighted by molar-refractivity contribution is -0.117. The third-order valence-corrected chi connectivity index (χ3v) is 3.94. The van der Waals surface area contributed by atoms with Crippen molar-refractivity contribution >= 4 is 23.4 Å². The predicted molar refractivity (Wildman–Crippen MR) is 73.7 cm³/mol. The lowest BCUT2D eigenvalue weighted by Crippen LogP contribution is -2.46. The zero-order valence-corrected chi connectivity index (χ0v) is 11.1. The van der Waals surface area contributed by atoms with E-state index < -0.39 is 0 Å². The van der Waals surface area contributed by atoms with E-state index in [4.69, 9.17) is 0 Å². The summed E-state index contributed by atoms with van der Waals surface area (Å²) in [6.45, 7) is 4.99. The minimum Gasteiger partial charge on any atom is -0.324 e. The van der Waals surface area contributed by atoms with Crippen LogP contribution in [0.1, 0.15) is 11.1 Å². The number of hydrogen-bond donors (Lipinski definition) is 2. The van der Waals surface area contributed by atoms with Crippen LogP contribution < -0.4 is 10.6 Å². The van der Waals surface area contributed by atoms with Gasteiger partial charge in [0.15, 0.2) is 0 Å². The molecule has 1 aliphatic rings. The van der Waals surface area contributed by atoms with Gasteiger partial charge in [0.05, 0.1) is 6.04 Å². The molecule has 1 aromatic carbocycles. The Morgan fingerprint density at radius 3 is 2.94 bits per heavy atom. The number of carbonyl (C=O) groups excluding carboxylic acids is 1. The van der Waals surface area contributed by atoms with Gasteiger partial charge in [0.2, 0.25) is 5.91 Å². The topological polar surface area (TPSA) is 41.1 Å². The maximum absolute atomic E-state index is 12.0. The van der Waals surface area contributed by atoms with Crippen LogP contribution in [-0.2, 0) is 4.79 Å². The summed E-state index contributed by atoms with van der Waals surface area (Å²) in [6, 6.07) is 6.01. The molecule has 1 amide bonds. The van der Waals surface area contributed by atoms with Gasteiger partial charge in [-0.25, -0.2) is 0 Å². The van der Waals surface area contributed by atoms with Gasteiger partial charge in [-0.3, -0.25) is 4.79 Å². The van der Waals surface area contributed by atoms with Gasteiger partial charge < -0.3 is 10.6 Å². The molecule has 0 saturated carbocycles. The number of nitrogens with one attached hydrogen (secondary N) is 2. The number of amides is 1. The highest BCUT2D eigenvalue weighted by Crippen LogP contribution is 2.17. The van der Waals surface area contributed by atoms with Crippen molar-refractivity contribution in [2.75, 3.05) is 23.4 Å². The summed E-state index contributed by atoms with van der Waals surface area (Å²) in [5.41, 5.74) is 3.24. The summed E-state index contributed by atoms with van der Waals surface area (Å²) in [7, 11) is 0. The van der Waals surface area contributed by atoms with Gasteiger partial charge in [0.25, 0.3) is 0 Å². The third-order valence-electron chi connectivity index (χ3n) is 2.88. The number of aryl methyl sites for hydroxylation is 2. The highest BCUT2D eigenvalue weighted by molar-refractivity contribution is 7.99. The third kappa shape index (κ3) is 3.23. The first-order valence-corrected chi connectivity index (χ1v) is 7.01.